The van der Waals surface area contributed by atoms with Crippen molar-refractivity contribution in [2.45, 2.75) is 25.6 Å². The topological polar surface area (TPSA) is 152 Å². The summed E-state index contributed by atoms with van der Waals surface area (Å²) < 4.78 is 20.3. The Kier molecular flexibility index (Phi) is 8.96. The summed E-state index contributed by atoms with van der Waals surface area (Å²) in [5, 5.41) is 31.0. The minimum Gasteiger partial charge on any atom is -0.486 e. The van der Waals surface area contributed by atoms with Crippen LogP contribution in [0.4, 0.5) is 10.3 Å². The number of rotatable bonds is 10. The van der Waals surface area contributed by atoms with E-state index >= 15 is 0 Å². The number of nitriles is 1. The molecule has 1 fully saturated rings. The molecule has 1 amide bonds. The second-order valence-electron chi connectivity index (χ2n) is 7.42. The first kappa shape index (κ1) is 25.4. The van der Waals surface area contributed by atoms with E-state index in [2.05, 4.69) is 43.3 Å². The van der Waals surface area contributed by atoms with Crippen molar-refractivity contribution < 1.29 is 19.0 Å². The number of halogens is 1. The minimum absolute atomic E-state index is 0.136. The van der Waals surface area contributed by atoms with Gasteiger partial charge < -0.3 is 20.1 Å². The van der Waals surface area contributed by atoms with Crippen LogP contribution in [0.5, 0.6) is 5.75 Å². The van der Waals surface area contributed by atoms with Gasteiger partial charge in [-0.05, 0) is 25.1 Å². The highest BCUT2D eigenvalue weighted by molar-refractivity contribution is 5.77. The highest BCUT2D eigenvalue weighted by Crippen LogP contribution is 2.28. The first-order chi connectivity index (χ1) is 17.0. The molecule has 2 heterocycles. The van der Waals surface area contributed by atoms with Gasteiger partial charge in [-0.25, -0.2) is 14.4 Å². The number of ether oxygens (including phenoxy) is 1. The van der Waals surface area contributed by atoms with E-state index in [1.165, 1.54) is 11.2 Å². The number of hydrogen-bond acceptors (Lipinski definition) is 10. The fourth-order valence-electron chi connectivity index (χ4n) is 3.33. The predicted octanol–water partition coefficient (Wildman–Crippen LogP) is 1.92. The van der Waals surface area contributed by atoms with Crippen LogP contribution >= 0.6 is 0 Å². The molecule has 1 saturated heterocycles. The number of anilines is 1. The number of carbonyl (C=O) groups excluding carboxylic acids is 1. The van der Waals surface area contributed by atoms with Crippen molar-refractivity contribution in [3.05, 3.63) is 42.9 Å². The average Bonchev–Trinajstić information content (AvgIpc) is 2.89. The Morgan fingerprint density at radius 3 is 3.03 bits per heavy atom. The van der Waals surface area contributed by atoms with Crippen molar-refractivity contribution in [1.29, 1.82) is 5.26 Å². The lowest BCUT2D eigenvalue weighted by Gasteiger charge is -2.34. The van der Waals surface area contributed by atoms with E-state index < -0.39 is 24.8 Å². The summed E-state index contributed by atoms with van der Waals surface area (Å²) in [6.07, 6.45) is 0.857. The minimum atomic E-state index is -1.45. The van der Waals surface area contributed by atoms with Crippen LogP contribution in [0, 0.1) is 11.3 Å². The van der Waals surface area contributed by atoms with E-state index in [4.69, 9.17) is 9.84 Å². The number of likely N-dealkylation sites (tertiary alicyclic amines) is 1. The standard InChI is InChI=1S/C22H26FN9O3/c1-3-32(4-2)30-28-14-27-22-26-13-25-21(29-22)15-5-6-18(16(9-15)10-24)35-19-7-8-31(11-17(19)23)20(34)12-33/h3,5-6,9,13,17,19,33H,1,4,7-8,11-12,14H2,2H3,(H,25,26,27,29)/b30-28-/t17-,19+/m1/s1. The Balaban J connectivity index is 1.67. The van der Waals surface area contributed by atoms with Crippen molar-refractivity contribution in [3.8, 4) is 23.2 Å². The average molecular weight is 484 g/mol. The number of aliphatic hydroxyl groups excluding tert-OH is 1. The second-order valence-corrected chi connectivity index (χ2v) is 7.42. The van der Waals surface area contributed by atoms with E-state index in [1.54, 1.807) is 29.4 Å². The van der Waals surface area contributed by atoms with E-state index in [9.17, 15) is 14.4 Å². The van der Waals surface area contributed by atoms with Crippen molar-refractivity contribution in [2.75, 3.05) is 38.2 Å². The monoisotopic (exact) mass is 483 g/mol. The second kappa shape index (κ2) is 12.3. The van der Waals surface area contributed by atoms with Gasteiger partial charge in [-0.3, -0.25) is 9.80 Å². The van der Waals surface area contributed by atoms with Crippen LogP contribution < -0.4 is 10.1 Å². The maximum Gasteiger partial charge on any atom is 0.248 e. The third kappa shape index (κ3) is 6.67. The number of amides is 1. The molecule has 0 spiro atoms. The highest BCUT2D eigenvalue weighted by atomic mass is 19.1. The Labute approximate surface area is 201 Å². The Morgan fingerprint density at radius 1 is 1.51 bits per heavy atom. The number of nitrogens with zero attached hydrogens (tertiary/aromatic N) is 8. The van der Waals surface area contributed by atoms with Crippen molar-refractivity contribution in [1.82, 2.24) is 24.9 Å². The fourth-order valence-corrected chi connectivity index (χ4v) is 3.33. The fraction of sp³-hybridized carbons (Fsp3) is 0.409. The van der Waals surface area contributed by atoms with Gasteiger partial charge in [0.1, 0.15) is 37.5 Å². The molecule has 0 radical (unpaired) electrons. The third-order valence-electron chi connectivity index (χ3n) is 5.20. The summed E-state index contributed by atoms with van der Waals surface area (Å²) in [6.45, 7) is 5.74. The molecule has 13 heteroatoms. The summed E-state index contributed by atoms with van der Waals surface area (Å²) >= 11 is 0. The van der Waals surface area contributed by atoms with Gasteiger partial charge in [-0.1, -0.05) is 11.8 Å². The first-order valence-electron chi connectivity index (χ1n) is 10.9. The van der Waals surface area contributed by atoms with E-state index in [0.29, 0.717) is 17.9 Å². The molecule has 12 nitrogen and oxygen atoms in total. The summed E-state index contributed by atoms with van der Waals surface area (Å²) in [6, 6.07) is 6.83. The van der Waals surface area contributed by atoms with Crippen LogP contribution in [-0.4, -0.2) is 81.1 Å². The molecule has 0 bridgehead atoms. The molecule has 0 aliphatic carbocycles. The van der Waals surface area contributed by atoms with Crippen molar-refractivity contribution >= 4 is 11.9 Å². The summed E-state index contributed by atoms with van der Waals surface area (Å²) in [5.41, 5.74) is 0.737. The number of alkyl halides is 1. The highest BCUT2D eigenvalue weighted by Gasteiger charge is 2.33. The predicted molar refractivity (Wildman–Crippen MR) is 123 cm³/mol. The molecule has 1 aliphatic heterocycles. The molecular weight excluding hydrogens is 457 g/mol. The Bertz CT molecular complexity index is 1110. The maximum absolute atomic E-state index is 14.6. The molecular formula is C22H26FN9O3. The largest absolute Gasteiger partial charge is 0.486 e. The maximum atomic E-state index is 14.6. The Morgan fingerprint density at radius 2 is 2.34 bits per heavy atom. The lowest BCUT2D eigenvalue weighted by atomic mass is 10.0. The summed E-state index contributed by atoms with van der Waals surface area (Å²) in [5.74, 6) is 0.297. The lowest BCUT2D eigenvalue weighted by Crippen LogP contribution is -2.50. The zero-order valence-electron chi connectivity index (χ0n) is 19.2. The van der Waals surface area contributed by atoms with Crippen molar-refractivity contribution in [3.63, 3.8) is 0 Å². The van der Waals surface area contributed by atoms with Crippen LogP contribution in [0.15, 0.2) is 47.6 Å². The number of piperidine rings is 1. The molecule has 2 N–H and O–H groups in total. The number of aromatic nitrogens is 3. The lowest BCUT2D eigenvalue weighted by molar-refractivity contribution is -0.138. The summed E-state index contributed by atoms with van der Waals surface area (Å²) in [7, 11) is 0. The van der Waals surface area contributed by atoms with Gasteiger partial charge in [0.2, 0.25) is 11.9 Å². The van der Waals surface area contributed by atoms with Gasteiger partial charge in [0.15, 0.2) is 12.0 Å². The smallest absolute Gasteiger partial charge is 0.248 e. The molecule has 35 heavy (non-hydrogen) atoms. The van der Waals surface area contributed by atoms with Crippen LogP contribution in [0.1, 0.15) is 18.9 Å². The van der Waals surface area contributed by atoms with E-state index in [1.807, 2.05) is 6.92 Å². The van der Waals surface area contributed by atoms with Crippen LogP contribution in [0.3, 0.4) is 0 Å². The Hall–Kier alpha value is -4.18. The van der Waals surface area contributed by atoms with E-state index in [0.717, 1.165) is 0 Å². The normalized spacial score (nSPS) is 17.6. The van der Waals surface area contributed by atoms with Crippen LogP contribution in [-0.2, 0) is 4.79 Å². The van der Waals surface area contributed by atoms with Gasteiger partial charge >= 0.3 is 0 Å². The van der Waals surface area contributed by atoms with Gasteiger partial charge in [0.05, 0.1) is 12.1 Å². The quantitative estimate of drug-likeness (QED) is 0.381. The van der Waals surface area contributed by atoms with Gasteiger partial charge in [0.25, 0.3) is 0 Å². The number of benzene rings is 1. The van der Waals surface area contributed by atoms with Crippen LogP contribution in [0.2, 0.25) is 0 Å². The third-order valence-corrected chi connectivity index (χ3v) is 5.20. The molecule has 184 valence electrons. The number of carbonyl (C=O) groups is 1. The molecule has 1 aromatic heterocycles. The van der Waals surface area contributed by atoms with Gasteiger partial charge in [-0.15, -0.1) is 5.11 Å². The number of nitrogens with one attached hydrogen (secondary N) is 1. The zero-order valence-corrected chi connectivity index (χ0v) is 19.2. The van der Waals surface area contributed by atoms with Crippen molar-refractivity contribution in [2.24, 2.45) is 10.3 Å². The number of hydrogen-bond donors (Lipinski definition) is 2. The molecule has 1 aliphatic rings. The molecule has 0 saturated carbocycles. The van der Waals surface area contributed by atoms with Gasteiger partial charge in [0, 0.05) is 31.3 Å². The van der Waals surface area contributed by atoms with Gasteiger partial charge in [-0.2, -0.15) is 10.2 Å². The molecule has 0 unspecified atom stereocenters. The molecule has 2 atom stereocenters. The molecule has 3 rings (SSSR count). The summed E-state index contributed by atoms with van der Waals surface area (Å²) in [4.78, 5) is 25.4. The first-order valence-corrected chi connectivity index (χ1v) is 10.9. The van der Waals surface area contributed by atoms with Crippen LogP contribution in [0.25, 0.3) is 11.4 Å². The number of aliphatic hydroxyl groups is 1. The zero-order chi connectivity index (χ0) is 25.2. The van der Waals surface area contributed by atoms with E-state index in [-0.39, 0.29) is 43.4 Å². The molecule has 1 aromatic carbocycles. The molecule has 2 aromatic rings. The SMILES string of the molecule is C=CN(CC)/N=N\CNc1ncnc(-c2ccc(O[C@H]3CCN(C(=O)CO)C[C@H]3F)c(C#N)c2)n1.